The van der Waals surface area contributed by atoms with Gasteiger partial charge in [0, 0.05) is 19.0 Å². The first-order chi connectivity index (χ1) is 7.63. The maximum Gasteiger partial charge on any atom is 0.225 e. The third kappa shape index (κ3) is 2.38. The van der Waals surface area contributed by atoms with Crippen molar-refractivity contribution in [3.63, 3.8) is 0 Å². The fourth-order valence-electron chi connectivity index (χ4n) is 2.60. The van der Waals surface area contributed by atoms with Gasteiger partial charge in [-0.05, 0) is 19.4 Å². The van der Waals surface area contributed by atoms with Crippen LogP contribution < -0.4 is 5.32 Å². The molecule has 0 radical (unpaired) electrons. The number of hydrogen-bond donors (Lipinski definition) is 1. The van der Waals surface area contributed by atoms with E-state index in [1.807, 2.05) is 18.7 Å². The van der Waals surface area contributed by atoms with E-state index >= 15 is 0 Å². The van der Waals surface area contributed by atoms with Crippen molar-refractivity contribution >= 4 is 5.91 Å². The van der Waals surface area contributed by atoms with Crippen LogP contribution in [0.2, 0.25) is 0 Å². The summed E-state index contributed by atoms with van der Waals surface area (Å²) in [5.41, 5.74) is -0.110. The number of rotatable bonds is 1. The number of nitrogens with one attached hydrogen (secondary N) is 1. The maximum atomic E-state index is 12.0. The van der Waals surface area contributed by atoms with Crippen LogP contribution in [0.15, 0.2) is 0 Å². The van der Waals surface area contributed by atoms with Gasteiger partial charge in [0.25, 0.3) is 0 Å². The van der Waals surface area contributed by atoms with E-state index in [2.05, 4.69) is 5.32 Å². The molecular weight excluding hydrogens is 204 g/mol. The maximum absolute atomic E-state index is 12.0. The number of ether oxygens (including phenoxy) is 1. The van der Waals surface area contributed by atoms with E-state index in [0.717, 1.165) is 39.0 Å². The van der Waals surface area contributed by atoms with Crippen molar-refractivity contribution in [2.75, 3.05) is 32.8 Å². The van der Waals surface area contributed by atoms with Crippen molar-refractivity contribution < 1.29 is 9.53 Å². The number of carbonyl (C=O) groups is 1. The summed E-state index contributed by atoms with van der Waals surface area (Å²) in [6.07, 6.45) is 2.21. The smallest absolute Gasteiger partial charge is 0.225 e. The summed E-state index contributed by atoms with van der Waals surface area (Å²) in [6, 6.07) is 0. The van der Waals surface area contributed by atoms with Crippen molar-refractivity contribution in [2.24, 2.45) is 5.92 Å². The first-order valence-electron chi connectivity index (χ1n) is 6.26. The van der Waals surface area contributed by atoms with Gasteiger partial charge in [0.2, 0.25) is 5.91 Å². The Balaban J connectivity index is 2.00. The summed E-state index contributed by atoms with van der Waals surface area (Å²) in [5, 5.41) is 3.37. The summed E-state index contributed by atoms with van der Waals surface area (Å²) >= 11 is 0. The fourth-order valence-corrected chi connectivity index (χ4v) is 2.60. The van der Waals surface area contributed by atoms with Crippen LogP contribution >= 0.6 is 0 Å². The highest BCUT2D eigenvalue weighted by molar-refractivity contribution is 5.78. The Morgan fingerprint density at radius 3 is 2.94 bits per heavy atom. The molecule has 0 aromatic heterocycles. The van der Waals surface area contributed by atoms with Crippen molar-refractivity contribution in [3.8, 4) is 0 Å². The lowest BCUT2D eigenvalue weighted by molar-refractivity contribution is -0.156. The second-order valence-electron chi connectivity index (χ2n) is 5.23. The van der Waals surface area contributed by atoms with Crippen LogP contribution in [0.4, 0.5) is 0 Å². The molecule has 2 heterocycles. The van der Waals surface area contributed by atoms with Crippen LogP contribution in [0.3, 0.4) is 0 Å². The second kappa shape index (κ2) is 4.72. The van der Waals surface area contributed by atoms with E-state index in [1.165, 1.54) is 0 Å². The molecule has 2 saturated heterocycles. The topological polar surface area (TPSA) is 41.6 Å². The molecule has 0 bridgehead atoms. The van der Waals surface area contributed by atoms with Crippen molar-refractivity contribution in [1.82, 2.24) is 10.2 Å². The molecule has 2 rings (SSSR count). The number of amides is 1. The molecule has 0 aliphatic carbocycles. The lowest BCUT2D eigenvalue weighted by atomic mass is 9.91. The van der Waals surface area contributed by atoms with E-state index in [4.69, 9.17) is 4.74 Å². The fraction of sp³-hybridized carbons (Fsp3) is 0.917. The molecule has 4 nitrogen and oxygen atoms in total. The van der Waals surface area contributed by atoms with Crippen LogP contribution in [0.5, 0.6) is 0 Å². The first-order valence-corrected chi connectivity index (χ1v) is 6.26. The van der Waals surface area contributed by atoms with E-state index in [-0.39, 0.29) is 17.4 Å². The number of carbonyl (C=O) groups excluding carboxylic acids is 1. The zero-order valence-electron chi connectivity index (χ0n) is 10.3. The molecule has 16 heavy (non-hydrogen) atoms. The van der Waals surface area contributed by atoms with Crippen LogP contribution in [0, 0.1) is 5.92 Å². The standard InChI is InChI=1S/C12H22N2O2/c1-10(2)11(15)14-6-7-16-12(9-14)4-3-5-13-8-12/h10,13H,3-9H2,1-2H3. The molecule has 4 heteroatoms. The molecule has 1 unspecified atom stereocenters. The predicted molar refractivity (Wildman–Crippen MR) is 62.2 cm³/mol. The van der Waals surface area contributed by atoms with Crippen molar-refractivity contribution in [2.45, 2.75) is 32.3 Å². The quantitative estimate of drug-likeness (QED) is 0.713. The average molecular weight is 226 g/mol. The third-order valence-corrected chi connectivity index (χ3v) is 3.49. The molecule has 0 aromatic rings. The summed E-state index contributed by atoms with van der Waals surface area (Å²) in [5.74, 6) is 0.347. The minimum Gasteiger partial charge on any atom is -0.370 e. The van der Waals surface area contributed by atoms with Gasteiger partial charge in [-0.2, -0.15) is 0 Å². The molecule has 2 fully saturated rings. The summed E-state index contributed by atoms with van der Waals surface area (Å²) in [6.45, 7) is 8.07. The Hall–Kier alpha value is -0.610. The van der Waals surface area contributed by atoms with Gasteiger partial charge in [-0.25, -0.2) is 0 Å². The van der Waals surface area contributed by atoms with Gasteiger partial charge in [0.05, 0.1) is 18.8 Å². The Labute approximate surface area is 97.3 Å². The molecule has 1 N–H and O–H groups in total. The van der Waals surface area contributed by atoms with Gasteiger partial charge in [0.1, 0.15) is 0 Å². The average Bonchev–Trinajstić information content (AvgIpc) is 2.29. The lowest BCUT2D eigenvalue weighted by Gasteiger charge is -2.45. The molecule has 92 valence electrons. The van der Waals surface area contributed by atoms with Gasteiger partial charge in [-0.3, -0.25) is 4.79 Å². The number of hydrogen-bond acceptors (Lipinski definition) is 3. The lowest BCUT2D eigenvalue weighted by Crippen LogP contribution is -2.60. The van der Waals surface area contributed by atoms with Crippen LogP contribution in [-0.2, 0) is 9.53 Å². The van der Waals surface area contributed by atoms with E-state index in [9.17, 15) is 4.79 Å². The minimum absolute atomic E-state index is 0.0895. The highest BCUT2D eigenvalue weighted by Gasteiger charge is 2.39. The van der Waals surface area contributed by atoms with Gasteiger partial charge < -0.3 is 15.0 Å². The Morgan fingerprint density at radius 2 is 2.31 bits per heavy atom. The van der Waals surface area contributed by atoms with Gasteiger partial charge in [0.15, 0.2) is 0 Å². The SMILES string of the molecule is CC(C)C(=O)N1CCOC2(CCCNC2)C1. The van der Waals surface area contributed by atoms with Gasteiger partial charge >= 0.3 is 0 Å². The predicted octanol–water partition coefficient (Wildman–Crippen LogP) is 0.623. The van der Waals surface area contributed by atoms with Gasteiger partial charge in [-0.15, -0.1) is 0 Å². The Kier molecular flexibility index (Phi) is 3.50. The van der Waals surface area contributed by atoms with Crippen LogP contribution in [0.1, 0.15) is 26.7 Å². The van der Waals surface area contributed by atoms with E-state index < -0.39 is 0 Å². The van der Waals surface area contributed by atoms with E-state index in [0.29, 0.717) is 6.61 Å². The van der Waals surface area contributed by atoms with Crippen molar-refractivity contribution in [3.05, 3.63) is 0 Å². The largest absolute Gasteiger partial charge is 0.370 e. The number of nitrogens with zero attached hydrogens (tertiary/aromatic N) is 1. The number of piperidine rings is 1. The van der Waals surface area contributed by atoms with Crippen molar-refractivity contribution in [1.29, 1.82) is 0 Å². The summed E-state index contributed by atoms with van der Waals surface area (Å²) in [4.78, 5) is 13.9. The molecule has 2 aliphatic heterocycles. The van der Waals surface area contributed by atoms with Crippen LogP contribution in [0.25, 0.3) is 0 Å². The zero-order chi connectivity index (χ0) is 11.6. The molecule has 2 aliphatic rings. The first kappa shape index (κ1) is 11.9. The number of morpholine rings is 1. The molecule has 1 atom stereocenters. The zero-order valence-corrected chi connectivity index (χ0v) is 10.3. The highest BCUT2D eigenvalue weighted by atomic mass is 16.5. The normalized spacial score (nSPS) is 31.1. The Morgan fingerprint density at radius 1 is 1.50 bits per heavy atom. The molecular formula is C12H22N2O2. The highest BCUT2D eigenvalue weighted by Crippen LogP contribution is 2.26. The molecule has 1 amide bonds. The second-order valence-corrected chi connectivity index (χ2v) is 5.23. The van der Waals surface area contributed by atoms with Gasteiger partial charge in [-0.1, -0.05) is 13.8 Å². The van der Waals surface area contributed by atoms with E-state index in [1.54, 1.807) is 0 Å². The minimum atomic E-state index is -0.110. The molecule has 0 aromatic carbocycles. The summed E-state index contributed by atoms with van der Waals surface area (Å²) < 4.78 is 5.91. The third-order valence-electron chi connectivity index (χ3n) is 3.49. The molecule has 0 saturated carbocycles. The molecule has 1 spiro atoms. The summed E-state index contributed by atoms with van der Waals surface area (Å²) in [7, 11) is 0. The Bertz CT molecular complexity index is 254. The van der Waals surface area contributed by atoms with Crippen LogP contribution in [-0.4, -0.2) is 49.2 Å². The monoisotopic (exact) mass is 226 g/mol.